The Morgan fingerprint density at radius 3 is 2.82 bits per heavy atom. The number of halogens is 2. The van der Waals surface area contributed by atoms with Gasteiger partial charge in [0, 0.05) is 13.1 Å². The normalized spacial score (nSPS) is 10.9. The van der Waals surface area contributed by atoms with E-state index in [1.165, 1.54) is 13.0 Å². The maximum absolute atomic E-state index is 13.7. The molecule has 112 valence electrons. The van der Waals surface area contributed by atoms with Gasteiger partial charge < -0.3 is 5.32 Å². The van der Waals surface area contributed by atoms with E-state index in [1.54, 1.807) is 13.0 Å². The Bertz CT molecular complexity index is 888. The molecular formula is C16H13BrFN3O. The van der Waals surface area contributed by atoms with Gasteiger partial charge in [0.2, 0.25) is 5.91 Å². The second kappa shape index (κ2) is 5.53. The Morgan fingerprint density at radius 2 is 2.09 bits per heavy atom. The van der Waals surface area contributed by atoms with Gasteiger partial charge in [-0.3, -0.25) is 9.20 Å². The number of fused-ring (bicyclic) bond motifs is 1. The first-order chi connectivity index (χ1) is 10.5. The highest BCUT2D eigenvalue weighted by atomic mass is 79.9. The molecule has 3 aromatic rings. The zero-order chi connectivity index (χ0) is 15.9. The second-order valence-corrected chi connectivity index (χ2v) is 5.74. The van der Waals surface area contributed by atoms with E-state index in [0.717, 1.165) is 11.1 Å². The highest BCUT2D eigenvalue weighted by Gasteiger charge is 2.13. The average molecular weight is 362 g/mol. The molecule has 0 unspecified atom stereocenters. The Kier molecular flexibility index (Phi) is 3.70. The van der Waals surface area contributed by atoms with Crippen LogP contribution >= 0.6 is 15.9 Å². The van der Waals surface area contributed by atoms with Gasteiger partial charge in [0.05, 0.1) is 0 Å². The summed E-state index contributed by atoms with van der Waals surface area (Å²) in [5.74, 6) is 0.0344. The number of hydrogen-bond donors (Lipinski definition) is 1. The summed E-state index contributed by atoms with van der Waals surface area (Å²) in [6.45, 7) is 3.18. The topological polar surface area (TPSA) is 46.4 Å². The number of aromatic nitrogens is 2. The third kappa shape index (κ3) is 2.50. The van der Waals surface area contributed by atoms with Crippen LogP contribution in [-0.4, -0.2) is 15.3 Å². The largest absolute Gasteiger partial charge is 0.309 e. The summed E-state index contributed by atoms with van der Waals surface area (Å²) in [7, 11) is 0. The molecule has 2 heterocycles. The van der Waals surface area contributed by atoms with Crippen molar-refractivity contribution in [2.24, 2.45) is 0 Å². The van der Waals surface area contributed by atoms with Crippen molar-refractivity contribution in [1.82, 2.24) is 9.38 Å². The zero-order valence-electron chi connectivity index (χ0n) is 12.0. The number of hydrogen-bond acceptors (Lipinski definition) is 2. The lowest BCUT2D eigenvalue weighted by Gasteiger charge is -2.07. The SMILES string of the molecule is CC(=O)Nc1nc2ccc(-c3cccc(F)c3C)cn2c1Br. The number of carbonyl (C=O) groups is 1. The predicted octanol–water partition coefficient (Wildman–Crippen LogP) is 4.17. The minimum absolute atomic E-state index is 0.190. The number of nitrogens with one attached hydrogen (secondary N) is 1. The quantitative estimate of drug-likeness (QED) is 0.744. The van der Waals surface area contributed by atoms with Crippen LogP contribution in [0.3, 0.4) is 0 Å². The van der Waals surface area contributed by atoms with E-state index in [0.29, 0.717) is 21.6 Å². The van der Waals surface area contributed by atoms with Crippen molar-refractivity contribution in [1.29, 1.82) is 0 Å². The van der Waals surface area contributed by atoms with E-state index in [9.17, 15) is 9.18 Å². The maximum Gasteiger partial charge on any atom is 0.222 e. The Morgan fingerprint density at radius 1 is 1.32 bits per heavy atom. The summed E-state index contributed by atoms with van der Waals surface area (Å²) in [6, 6.07) is 8.72. The monoisotopic (exact) mass is 361 g/mol. The van der Waals surface area contributed by atoms with Gasteiger partial charge in [-0.25, -0.2) is 9.37 Å². The molecule has 1 aromatic carbocycles. The fourth-order valence-corrected chi connectivity index (χ4v) is 2.81. The van der Waals surface area contributed by atoms with Gasteiger partial charge in [0.1, 0.15) is 16.1 Å². The van der Waals surface area contributed by atoms with Gasteiger partial charge >= 0.3 is 0 Å². The molecule has 0 saturated carbocycles. The van der Waals surface area contributed by atoms with Crippen molar-refractivity contribution < 1.29 is 9.18 Å². The van der Waals surface area contributed by atoms with E-state index in [-0.39, 0.29) is 11.7 Å². The van der Waals surface area contributed by atoms with Crippen molar-refractivity contribution in [2.75, 3.05) is 5.32 Å². The summed E-state index contributed by atoms with van der Waals surface area (Å²) in [6.07, 6.45) is 1.86. The van der Waals surface area contributed by atoms with Crippen LogP contribution in [0.15, 0.2) is 41.1 Å². The van der Waals surface area contributed by atoms with Gasteiger partial charge in [0.25, 0.3) is 0 Å². The molecule has 1 N–H and O–H groups in total. The van der Waals surface area contributed by atoms with E-state index in [4.69, 9.17) is 0 Å². The number of anilines is 1. The Labute approximate surface area is 135 Å². The Balaban J connectivity index is 2.15. The van der Waals surface area contributed by atoms with Gasteiger partial charge in [-0.2, -0.15) is 0 Å². The van der Waals surface area contributed by atoms with Crippen molar-refractivity contribution >= 4 is 33.3 Å². The van der Waals surface area contributed by atoms with Crippen LogP contribution < -0.4 is 5.32 Å². The number of rotatable bonds is 2. The molecule has 0 spiro atoms. The van der Waals surface area contributed by atoms with Crippen LogP contribution in [0.5, 0.6) is 0 Å². The van der Waals surface area contributed by atoms with E-state index in [2.05, 4.69) is 26.2 Å². The third-order valence-electron chi connectivity index (χ3n) is 3.43. The Hall–Kier alpha value is -2.21. The van der Waals surface area contributed by atoms with Crippen molar-refractivity contribution in [3.05, 3.63) is 52.5 Å². The van der Waals surface area contributed by atoms with Crippen LogP contribution in [0.25, 0.3) is 16.8 Å². The van der Waals surface area contributed by atoms with E-state index < -0.39 is 0 Å². The number of carbonyl (C=O) groups excluding carboxylic acids is 1. The summed E-state index contributed by atoms with van der Waals surface area (Å²) >= 11 is 3.43. The molecule has 6 heteroatoms. The molecule has 2 aromatic heterocycles. The van der Waals surface area contributed by atoms with Crippen molar-refractivity contribution in [3.63, 3.8) is 0 Å². The first-order valence-electron chi connectivity index (χ1n) is 6.68. The number of imidazole rings is 1. The number of benzene rings is 1. The fraction of sp³-hybridized carbons (Fsp3) is 0.125. The van der Waals surface area contributed by atoms with Crippen LogP contribution in [0.4, 0.5) is 10.2 Å². The van der Waals surface area contributed by atoms with Crippen molar-refractivity contribution in [3.8, 4) is 11.1 Å². The average Bonchev–Trinajstić information content (AvgIpc) is 2.77. The molecule has 4 nitrogen and oxygen atoms in total. The molecule has 0 aliphatic rings. The highest BCUT2D eigenvalue weighted by Crippen LogP contribution is 2.29. The highest BCUT2D eigenvalue weighted by molar-refractivity contribution is 9.10. The standard InChI is InChI=1S/C16H13BrFN3O/c1-9-12(4-3-5-13(9)18)11-6-7-14-20-16(19-10(2)22)15(17)21(14)8-11/h3-8H,1-2H3,(H,19,22). The third-order valence-corrected chi connectivity index (χ3v) is 4.19. The zero-order valence-corrected chi connectivity index (χ0v) is 13.6. The van der Waals surface area contributed by atoms with Crippen LogP contribution in [-0.2, 0) is 4.79 Å². The first kappa shape index (κ1) is 14.7. The number of nitrogens with zero attached hydrogens (tertiary/aromatic N) is 2. The molecule has 0 fully saturated rings. The molecule has 3 rings (SSSR count). The van der Waals surface area contributed by atoms with Gasteiger partial charge in [-0.05, 0) is 57.7 Å². The lowest BCUT2D eigenvalue weighted by molar-refractivity contribution is -0.114. The number of pyridine rings is 1. The van der Waals surface area contributed by atoms with Crippen LogP contribution in [0.2, 0.25) is 0 Å². The fourth-order valence-electron chi connectivity index (χ4n) is 2.34. The molecule has 0 aliphatic heterocycles. The van der Waals surface area contributed by atoms with Crippen LogP contribution in [0.1, 0.15) is 12.5 Å². The van der Waals surface area contributed by atoms with Gasteiger partial charge in [0.15, 0.2) is 5.82 Å². The molecule has 0 radical (unpaired) electrons. The summed E-state index contributed by atoms with van der Waals surface area (Å²) in [5.41, 5.74) is 2.98. The van der Waals surface area contributed by atoms with Crippen LogP contribution in [0, 0.1) is 12.7 Å². The molecule has 0 aliphatic carbocycles. The number of amides is 1. The summed E-state index contributed by atoms with van der Waals surface area (Å²) in [4.78, 5) is 15.5. The summed E-state index contributed by atoms with van der Waals surface area (Å²) in [5, 5.41) is 2.66. The molecule has 22 heavy (non-hydrogen) atoms. The molecule has 0 atom stereocenters. The summed E-state index contributed by atoms with van der Waals surface area (Å²) < 4.78 is 16.2. The van der Waals surface area contributed by atoms with Crippen molar-refractivity contribution in [2.45, 2.75) is 13.8 Å². The second-order valence-electron chi connectivity index (χ2n) is 4.99. The van der Waals surface area contributed by atoms with Gasteiger partial charge in [-0.15, -0.1) is 0 Å². The molecule has 0 bridgehead atoms. The molecular weight excluding hydrogens is 349 g/mol. The maximum atomic E-state index is 13.7. The minimum atomic E-state index is -0.235. The van der Waals surface area contributed by atoms with E-state index >= 15 is 0 Å². The predicted molar refractivity (Wildman–Crippen MR) is 87.3 cm³/mol. The molecule has 0 saturated heterocycles. The minimum Gasteiger partial charge on any atom is -0.309 e. The molecule has 1 amide bonds. The lowest BCUT2D eigenvalue weighted by Crippen LogP contribution is -2.06. The van der Waals surface area contributed by atoms with E-state index in [1.807, 2.05) is 28.8 Å². The van der Waals surface area contributed by atoms with Gasteiger partial charge in [-0.1, -0.05) is 12.1 Å². The lowest BCUT2D eigenvalue weighted by atomic mass is 10.0. The first-order valence-corrected chi connectivity index (χ1v) is 7.47. The smallest absolute Gasteiger partial charge is 0.222 e.